The lowest BCUT2D eigenvalue weighted by atomic mass is 9.87. The second kappa shape index (κ2) is 11.3. The molecule has 6 nitrogen and oxygen atoms in total. The van der Waals surface area contributed by atoms with E-state index >= 15 is 0 Å². The SMILES string of the molecule is CC/C(=C(/c1ccc(/C=C/C(=O)O)cc1)c1ccc2[nH]ncc2c1)c1ccc(OCCOC)cc1. The van der Waals surface area contributed by atoms with Gasteiger partial charge < -0.3 is 14.6 Å². The molecule has 4 rings (SSSR count). The number of allylic oxidation sites excluding steroid dienone is 1. The Hall–Kier alpha value is -4.16. The number of methoxy groups -OCH3 is 1. The normalized spacial score (nSPS) is 12.2. The third kappa shape index (κ3) is 5.86. The molecule has 178 valence electrons. The first-order valence-electron chi connectivity index (χ1n) is 11.5. The number of nitrogens with zero attached hydrogens (tertiary/aromatic N) is 1. The molecule has 0 bridgehead atoms. The van der Waals surface area contributed by atoms with E-state index in [1.54, 1.807) is 13.2 Å². The van der Waals surface area contributed by atoms with Crippen molar-refractivity contribution in [1.29, 1.82) is 0 Å². The molecule has 3 aromatic carbocycles. The van der Waals surface area contributed by atoms with Crippen molar-refractivity contribution in [3.05, 3.63) is 101 Å². The maximum Gasteiger partial charge on any atom is 0.328 e. The van der Waals surface area contributed by atoms with Crippen LogP contribution >= 0.6 is 0 Å². The van der Waals surface area contributed by atoms with E-state index < -0.39 is 5.97 Å². The Labute approximate surface area is 204 Å². The number of hydrogen-bond donors (Lipinski definition) is 2. The van der Waals surface area contributed by atoms with Gasteiger partial charge in [-0.05, 0) is 70.2 Å². The lowest BCUT2D eigenvalue weighted by Crippen LogP contribution is -2.04. The number of hydrogen-bond acceptors (Lipinski definition) is 4. The maximum atomic E-state index is 10.9. The Kier molecular flexibility index (Phi) is 7.75. The number of benzene rings is 3. The summed E-state index contributed by atoms with van der Waals surface area (Å²) in [4.78, 5) is 10.9. The predicted molar refractivity (Wildman–Crippen MR) is 139 cm³/mol. The van der Waals surface area contributed by atoms with Crippen LogP contribution in [-0.2, 0) is 9.53 Å². The van der Waals surface area contributed by atoms with Crippen LogP contribution in [0.25, 0.3) is 28.1 Å². The van der Waals surface area contributed by atoms with Gasteiger partial charge in [-0.3, -0.25) is 5.10 Å². The highest BCUT2D eigenvalue weighted by molar-refractivity contribution is 6.00. The molecule has 1 aromatic heterocycles. The van der Waals surface area contributed by atoms with Crippen LogP contribution in [0.5, 0.6) is 5.75 Å². The van der Waals surface area contributed by atoms with Gasteiger partial charge in [0.2, 0.25) is 0 Å². The largest absolute Gasteiger partial charge is 0.491 e. The van der Waals surface area contributed by atoms with Crippen LogP contribution < -0.4 is 4.74 Å². The van der Waals surface area contributed by atoms with Gasteiger partial charge in [0, 0.05) is 18.6 Å². The monoisotopic (exact) mass is 468 g/mol. The molecule has 35 heavy (non-hydrogen) atoms. The number of ether oxygens (including phenoxy) is 2. The number of carboxylic acid groups (broad SMARTS) is 1. The fraction of sp³-hybridized carbons (Fsp3) is 0.172. The summed E-state index contributed by atoms with van der Waals surface area (Å²) in [6, 6.07) is 22.4. The van der Waals surface area contributed by atoms with Crippen molar-refractivity contribution in [2.75, 3.05) is 20.3 Å². The third-order valence-corrected chi connectivity index (χ3v) is 5.76. The van der Waals surface area contributed by atoms with E-state index in [0.29, 0.717) is 13.2 Å². The zero-order valence-electron chi connectivity index (χ0n) is 19.8. The average molecular weight is 469 g/mol. The van der Waals surface area contributed by atoms with Crippen molar-refractivity contribution >= 4 is 34.1 Å². The number of aromatic nitrogens is 2. The zero-order valence-corrected chi connectivity index (χ0v) is 19.8. The van der Waals surface area contributed by atoms with Crippen LogP contribution in [0.1, 0.15) is 35.6 Å². The van der Waals surface area contributed by atoms with Gasteiger partial charge in [0.15, 0.2) is 0 Å². The Bertz CT molecular complexity index is 1350. The molecular formula is C29H28N2O4. The average Bonchev–Trinajstić information content (AvgIpc) is 3.35. The minimum Gasteiger partial charge on any atom is -0.491 e. The van der Waals surface area contributed by atoms with Crippen LogP contribution in [0.4, 0.5) is 0 Å². The fourth-order valence-electron chi connectivity index (χ4n) is 4.06. The molecule has 0 aliphatic heterocycles. The molecule has 0 amide bonds. The topological polar surface area (TPSA) is 84.4 Å². The van der Waals surface area contributed by atoms with Crippen LogP contribution in [0.3, 0.4) is 0 Å². The summed E-state index contributed by atoms with van der Waals surface area (Å²) in [5.41, 5.74) is 7.39. The van der Waals surface area contributed by atoms with Gasteiger partial charge >= 0.3 is 5.97 Å². The number of carbonyl (C=O) groups is 1. The van der Waals surface area contributed by atoms with Crippen molar-refractivity contribution in [1.82, 2.24) is 10.2 Å². The van der Waals surface area contributed by atoms with Crippen molar-refractivity contribution in [2.45, 2.75) is 13.3 Å². The van der Waals surface area contributed by atoms with E-state index in [0.717, 1.165) is 57.0 Å². The minimum atomic E-state index is -0.967. The number of H-pyrrole nitrogens is 1. The van der Waals surface area contributed by atoms with Crippen LogP contribution in [0.2, 0.25) is 0 Å². The molecule has 0 atom stereocenters. The number of rotatable bonds is 10. The highest BCUT2D eigenvalue weighted by Crippen LogP contribution is 2.36. The highest BCUT2D eigenvalue weighted by Gasteiger charge is 2.14. The van der Waals surface area contributed by atoms with Gasteiger partial charge in [0.1, 0.15) is 12.4 Å². The quantitative estimate of drug-likeness (QED) is 0.168. The summed E-state index contributed by atoms with van der Waals surface area (Å²) < 4.78 is 10.8. The van der Waals surface area contributed by atoms with Crippen molar-refractivity contribution in [3.8, 4) is 5.75 Å². The molecule has 1 heterocycles. The molecule has 0 fully saturated rings. The second-order valence-electron chi connectivity index (χ2n) is 8.04. The van der Waals surface area contributed by atoms with E-state index in [9.17, 15) is 4.79 Å². The summed E-state index contributed by atoms with van der Waals surface area (Å²) in [5, 5.41) is 17.1. The Morgan fingerprint density at radius 1 is 0.971 bits per heavy atom. The number of fused-ring (bicyclic) bond motifs is 1. The Morgan fingerprint density at radius 2 is 1.69 bits per heavy atom. The number of nitrogens with one attached hydrogen (secondary N) is 1. The second-order valence-corrected chi connectivity index (χ2v) is 8.04. The van der Waals surface area contributed by atoms with Gasteiger partial charge in [0.25, 0.3) is 0 Å². The lowest BCUT2D eigenvalue weighted by molar-refractivity contribution is -0.131. The zero-order chi connectivity index (χ0) is 24.6. The number of carboxylic acids is 1. The smallest absolute Gasteiger partial charge is 0.328 e. The van der Waals surface area contributed by atoms with Gasteiger partial charge in [-0.15, -0.1) is 0 Å². The summed E-state index contributed by atoms with van der Waals surface area (Å²) in [5.74, 6) is -0.164. The first kappa shape index (κ1) is 24.0. The molecule has 0 aliphatic carbocycles. The first-order valence-corrected chi connectivity index (χ1v) is 11.5. The van der Waals surface area contributed by atoms with E-state index in [1.807, 2.05) is 48.7 Å². The van der Waals surface area contributed by atoms with Crippen molar-refractivity contribution in [3.63, 3.8) is 0 Å². The van der Waals surface area contributed by atoms with Gasteiger partial charge in [0.05, 0.1) is 18.3 Å². The van der Waals surface area contributed by atoms with E-state index in [4.69, 9.17) is 14.6 Å². The lowest BCUT2D eigenvalue weighted by Gasteiger charge is -2.17. The Balaban J connectivity index is 1.79. The number of aliphatic carboxylic acids is 1. The van der Waals surface area contributed by atoms with Gasteiger partial charge in [-0.1, -0.05) is 49.4 Å². The minimum absolute atomic E-state index is 0.505. The molecule has 4 aromatic rings. The molecule has 0 radical (unpaired) electrons. The summed E-state index contributed by atoms with van der Waals surface area (Å²) in [6.45, 7) is 3.20. The molecular weight excluding hydrogens is 440 g/mol. The van der Waals surface area contributed by atoms with E-state index in [2.05, 4.69) is 41.4 Å². The summed E-state index contributed by atoms with van der Waals surface area (Å²) in [7, 11) is 1.65. The predicted octanol–water partition coefficient (Wildman–Crippen LogP) is 6.06. The first-order chi connectivity index (χ1) is 17.1. The standard InChI is InChI=1S/C29H28N2O4/c1-3-26(21-9-12-25(13-10-21)35-17-16-34-2)29(23-11-14-27-24(18-23)19-30-31-27)22-7-4-20(5-8-22)6-15-28(32)33/h4-15,18-19H,3,16-17H2,1-2H3,(H,30,31)(H,32,33)/b15-6+,29-26+. The van der Waals surface area contributed by atoms with Crippen molar-refractivity contribution < 1.29 is 19.4 Å². The van der Waals surface area contributed by atoms with E-state index in [1.165, 1.54) is 5.57 Å². The van der Waals surface area contributed by atoms with Crippen LogP contribution in [0.15, 0.2) is 79.0 Å². The molecule has 0 spiro atoms. The summed E-state index contributed by atoms with van der Waals surface area (Å²) >= 11 is 0. The highest BCUT2D eigenvalue weighted by atomic mass is 16.5. The molecule has 0 saturated carbocycles. The molecule has 0 saturated heterocycles. The van der Waals surface area contributed by atoms with E-state index in [-0.39, 0.29) is 0 Å². The van der Waals surface area contributed by atoms with Crippen molar-refractivity contribution in [2.24, 2.45) is 0 Å². The maximum absolute atomic E-state index is 10.9. The van der Waals surface area contributed by atoms with Crippen LogP contribution in [-0.4, -0.2) is 41.6 Å². The molecule has 0 aliphatic rings. The molecule has 6 heteroatoms. The van der Waals surface area contributed by atoms with Gasteiger partial charge in [-0.25, -0.2) is 4.79 Å². The molecule has 2 N–H and O–H groups in total. The van der Waals surface area contributed by atoms with Gasteiger partial charge in [-0.2, -0.15) is 5.10 Å². The van der Waals surface area contributed by atoms with Crippen LogP contribution in [0, 0.1) is 0 Å². The Morgan fingerprint density at radius 3 is 2.37 bits per heavy atom. The molecule has 0 unspecified atom stereocenters. The third-order valence-electron chi connectivity index (χ3n) is 5.76. The summed E-state index contributed by atoms with van der Waals surface area (Å²) in [6.07, 6.45) is 5.39. The number of aromatic amines is 1. The fourth-order valence-corrected chi connectivity index (χ4v) is 4.06.